The Morgan fingerprint density at radius 1 is 1.27 bits per heavy atom. The minimum atomic E-state index is 0.408. The largest absolute Gasteiger partial charge is 0.496 e. The van der Waals surface area contributed by atoms with Crippen molar-refractivity contribution in [3.63, 3.8) is 0 Å². The van der Waals surface area contributed by atoms with Crippen LogP contribution >= 0.6 is 15.9 Å². The van der Waals surface area contributed by atoms with Gasteiger partial charge in [0.25, 0.3) is 0 Å². The molecule has 1 unspecified atom stereocenters. The van der Waals surface area contributed by atoms with Crippen LogP contribution in [-0.4, -0.2) is 62.3 Å². The molecular weight excluding hydrogens is 394 g/mol. The van der Waals surface area contributed by atoms with E-state index in [2.05, 4.69) is 48.8 Å². The van der Waals surface area contributed by atoms with E-state index in [0.717, 1.165) is 48.0 Å². The van der Waals surface area contributed by atoms with Crippen LogP contribution in [0.15, 0.2) is 34.9 Å². The SMILES string of the molecule is COc1ccc(Br)cc1CN1CCC(N(C)c2nccc(N(C)C)n2)C1. The van der Waals surface area contributed by atoms with Gasteiger partial charge in [0, 0.05) is 63.1 Å². The highest BCUT2D eigenvalue weighted by Crippen LogP contribution is 2.27. The number of nitrogens with zero attached hydrogens (tertiary/aromatic N) is 5. The predicted molar refractivity (Wildman–Crippen MR) is 109 cm³/mol. The summed E-state index contributed by atoms with van der Waals surface area (Å²) < 4.78 is 6.59. The maximum Gasteiger partial charge on any atom is 0.227 e. The van der Waals surface area contributed by atoms with Gasteiger partial charge < -0.3 is 14.5 Å². The summed E-state index contributed by atoms with van der Waals surface area (Å²) >= 11 is 3.56. The fourth-order valence-corrected chi connectivity index (χ4v) is 3.71. The third-order valence-corrected chi connectivity index (χ3v) is 5.33. The Hall–Kier alpha value is -1.86. The van der Waals surface area contributed by atoms with Crippen LogP contribution in [0.1, 0.15) is 12.0 Å². The van der Waals surface area contributed by atoms with Gasteiger partial charge in [-0.1, -0.05) is 15.9 Å². The van der Waals surface area contributed by atoms with Crippen LogP contribution in [0, 0.1) is 0 Å². The average Bonchev–Trinajstić information content (AvgIpc) is 3.10. The molecule has 0 bridgehead atoms. The normalized spacial score (nSPS) is 17.3. The summed E-state index contributed by atoms with van der Waals surface area (Å²) in [6.07, 6.45) is 2.93. The summed E-state index contributed by atoms with van der Waals surface area (Å²) in [5.41, 5.74) is 1.20. The highest BCUT2D eigenvalue weighted by molar-refractivity contribution is 9.10. The molecule has 1 atom stereocenters. The second-order valence-electron chi connectivity index (χ2n) is 6.85. The maximum absolute atomic E-state index is 5.51. The van der Waals surface area contributed by atoms with Gasteiger partial charge in [-0.25, -0.2) is 4.98 Å². The van der Waals surface area contributed by atoms with E-state index in [1.54, 1.807) is 7.11 Å². The molecule has 1 fully saturated rings. The van der Waals surface area contributed by atoms with Gasteiger partial charge >= 0.3 is 0 Å². The van der Waals surface area contributed by atoms with Gasteiger partial charge in [-0.15, -0.1) is 0 Å². The van der Waals surface area contributed by atoms with Crippen molar-refractivity contribution in [3.8, 4) is 5.75 Å². The third-order valence-electron chi connectivity index (χ3n) is 4.83. The van der Waals surface area contributed by atoms with Crippen molar-refractivity contribution in [2.45, 2.75) is 19.0 Å². The van der Waals surface area contributed by atoms with Gasteiger partial charge in [0.2, 0.25) is 5.95 Å². The van der Waals surface area contributed by atoms with Crippen molar-refractivity contribution >= 4 is 27.7 Å². The Labute approximate surface area is 163 Å². The van der Waals surface area contributed by atoms with Gasteiger partial charge in [-0.05, 0) is 30.7 Å². The van der Waals surface area contributed by atoms with Crippen LogP contribution in [0.4, 0.5) is 11.8 Å². The highest BCUT2D eigenvalue weighted by atomic mass is 79.9. The number of hydrogen-bond donors (Lipinski definition) is 0. The molecule has 0 aliphatic carbocycles. The zero-order valence-corrected chi connectivity index (χ0v) is 17.4. The van der Waals surface area contributed by atoms with E-state index in [-0.39, 0.29) is 0 Å². The van der Waals surface area contributed by atoms with Gasteiger partial charge in [0.05, 0.1) is 7.11 Å². The number of anilines is 2. The van der Waals surface area contributed by atoms with Gasteiger partial charge in [-0.2, -0.15) is 4.98 Å². The third kappa shape index (κ3) is 4.27. The lowest BCUT2D eigenvalue weighted by molar-refractivity contribution is 0.316. The molecule has 0 saturated carbocycles. The molecule has 1 aliphatic rings. The zero-order chi connectivity index (χ0) is 18.7. The average molecular weight is 420 g/mol. The lowest BCUT2D eigenvalue weighted by Crippen LogP contribution is -2.35. The molecule has 7 heteroatoms. The summed E-state index contributed by atoms with van der Waals surface area (Å²) in [7, 11) is 7.80. The van der Waals surface area contributed by atoms with Crippen molar-refractivity contribution in [3.05, 3.63) is 40.5 Å². The van der Waals surface area contributed by atoms with E-state index in [0.29, 0.717) is 6.04 Å². The molecule has 3 rings (SSSR count). The molecule has 6 nitrogen and oxygen atoms in total. The van der Waals surface area contributed by atoms with E-state index >= 15 is 0 Å². The summed E-state index contributed by atoms with van der Waals surface area (Å²) in [6.45, 7) is 2.92. The first-order valence-electron chi connectivity index (χ1n) is 8.76. The Morgan fingerprint density at radius 2 is 2.08 bits per heavy atom. The molecule has 0 N–H and O–H groups in total. The first-order chi connectivity index (χ1) is 12.5. The highest BCUT2D eigenvalue weighted by Gasteiger charge is 2.27. The van der Waals surface area contributed by atoms with Crippen LogP contribution in [-0.2, 0) is 6.54 Å². The van der Waals surface area contributed by atoms with Crippen LogP contribution in [0.25, 0.3) is 0 Å². The molecule has 2 aromatic rings. The van der Waals surface area contributed by atoms with Crippen LogP contribution in [0.3, 0.4) is 0 Å². The standard InChI is InChI=1S/C19H26BrN5O/c1-23(2)18-7-9-21-19(22-18)24(3)16-8-10-25(13-16)12-14-11-15(20)5-6-17(14)26-4/h5-7,9,11,16H,8,10,12-13H2,1-4H3. The zero-order valence-electron chi connectivity index (χ0n) is 15.8. The summed E-state index contributed by atoms with van der Waals surface area (Å²) in [4.78, 5) is 15.8. The van der Waals surface area contributed by atoms with E-state index in [4.69, 9.17) is 4.74 Å². The number of likely N-dealkylation sites (tertiary alicyclic amines) is 1. The first-order valence-corrected chi connectivity index (χ1v) is 9.55. The number of ether oxygens (including phenoxy) is 1. The van der Waals surface area contributed by atoms with Crippen LogP contribution in [0.5, 0.6) is 5.75 Å². The Balaban J connectivity index is 1.67. The minimum Gasteiger partial charge on any atom is -0.496 e. The number of halogens is 1. The molecule has 1 saturated heterocycles. The van der Waals surface area contributed by atoms with E-state index < -0.39 is 0 Å². The topological polar surface area (TPSA) is 44.7 Å². The number of rotatable bonds is 6. The van der Waals surface area contributed by atoms with Crippen molar-refractivity contribution in [1.82, 2.24) is 14.9 Å². The molecular formula is C19H26BrN5O. The van der Waals surface area contributed by atoms with Crippen molar-refractivity contribution in [2.24, 2.45) is 0 Å². The Kier molecular flexibility index (Phi) is 5.98. The molecule has 0 spiro atoms. The molecule has 1 aromatic carbocycles. The first kappa shape index (κ1) is 18.9. The lowest BCUT2D eigenvalue weighted by atomic mass is 10.2. The molecule has 1 aliphatic heterocycles. The van der Waals surface area contributed by atoms with Crippen molar-refractivity contribution in [1.29, 1.82) is 0 Å². The molecule has 1 aromatic heterocycles. The number of aromatic nitrogens is 2. The van der Waals surface area contributed by atoms with Crippen molar-refractivity contribution < 1.29 is 4.74 Å². The smallest absolute Gasteiger partial charge is 0.227 e. The van der Waals surface area contributed by atoms with Gasteiger partial charge in [0.1, 0.15) is 11.6 Å². The fraction of sp³-hybridized carbons (Fsp3) is 0.474. The quantitative estimate of drug-likeness (QED) is 0.716. The Bertz CT molecular complexity index is 754. The van der Waals surface area contributed by atoms with E-state index in [1.165, 1.54) is 5.56 Å². The molecule has 140 valence electrons. The monoisotopic (exact) mass is 419 g/mol. The molecule has 0 radical (unpaired) electrons. The summed E-state index contributed by atoms with van der Waals surface area (Å²) in [5.74, 6) is 2.64. The second kappa shape index (κ2) is 8.22. The number of methoxy groups -OCH3 is 1. The predicted octanol–water partition coefficient (Wildman–Crippen LogP) is 3.02. The van der Waals surface area contributed by atoms with Crippen LogP contribution < -0.4 is 14.5 Å². The van der Waals surface area contributed by atoms with Gasteiger partial charge in [0.15, 0.2) is 0 Å². The molecule has 2 heterocycles. The number of likely N-dealkylation sites (N-methyl/N-ethyl adjacent to an activating group) is 1. The van der Waals surface area contributed by atoms with E-state index in [1.807, 2.05) is 43.4 Å². The number of benzene rings is 1. The summed E-state index contributed by atoms with van der Waals surface area (Å²) in [6, 6.07) is 8.50. The second-order valence-corrected chi connectivity index (χ2v) is 7.77. The Morgan fingerprint density at radius 3 is 2.81 bits per heavy atom. The molecule has 26 heavy (non-hydrogen) atoms. The maximum atomic E-state index is 5.51. The fourth-order valence-electron chi connectivity index (χ4n) is 3.31. The van der Waals surface area contributed by atoms with Crippen molar-refractivity contribution in [2.75, 3.05) is 51.1 Å². The van der Waals surface area contributed by atoms with E-state index in [9.17, 15) is 0 Å². The lowest BCUT2D eigenvalue weighted by Gasteiger charge is -2.26. The summed E-state index contributed by atoms with van der Waals surface area (Å²) in [5, 5.41) is 0. The van der Waals surface area contributed by atoms with Crippen LogP contribution in [0.2, 0.25) is 0 Å². The molecule has 0 amide bonds. The minimum absolute atomic E-state index is 0.408. The van der Waals surface area contributed by atoms with Gasteiger partial charge in [-0.3, -0.25) is 4.90 Å². The number of hydrogen-bond acceptors (Lipinski definition) is 6.